The number of amides is 2. The van der Waals surface area contributed by atoms with E-state index in [1.807, 2.05) is 19.9 Å². The summed E-state index contributed by atoms with van der Waals surface area (Å²) in [5.74, 6) is -1.41. The average molecular weight is 453 g/mol. The summed E-state index contributed by atoms with van der Waals surface area (Å²) in [6, 6.07) is 13.0. The second-order valence-corrected chi connectivity index (χ2v) is 7.89. The van der Waals surface area contributed by atoms with Crippen LogP contribution in [0.1, 0.15) is 28.1 Å². The maximum Gasteiger partial charge on any atom is 0.329 e. The van der Waals surface area contributed by atoms with Gasteiger partial charge in [-0.2, -0.15) is 5.10 Å². The molecule has 7 nitrogen and oxygen atoms in total. The summed E-state index contributed by atoms with van der Waals surface area (Å²) in [7, 11) is 1.46. The van der Waals surface area contributed by atoms with Crippen LogP contribution in [0.15, 0.2) is 47.6 Å². The first-order chi connectivity index (χ1) is 15.2. The summed E-state index contributed by atoms with van der Waals surface area (Å²) >= 11 is 5.95. The molecule has 0 aliphatic rings. The van der Waals surface area contributed by atoms with Crippen molar-refractivity contribution < 1.29 is 14.3 Å². The van der Waals surface area contributed by atoms with Gasteiger partial charge in [-0.05, 0) is 69.2 Å². The van der Waals surface area contributed by atoms with Gasteiger partial charge in [0.05, 0.1) is 19.0 Å². The summed E-state index contributed by atoms with van der Waals surface area (Å²) in [6.07, 6.45) is 1.52. The van der Waals surface area contributed by atoms with Gasteiger partial charge in [-0.3, -0.25) is 9.59 Å². The number of anilines is 1. The zero-order chi connectivity index (χ0) is 23.4. The molecule has 0 saturated carbocycles. The molecule has 0 aliphatic carbocycles. The first-order valence-electron chi connectivity index (χ1n) is 9.95. The van der Waals surface area contributed by atoms with E-state index in [-0.39, 0.29) is 0 Å². The molecule has 0 saturated heterocycles. The Morgan fingerprint density at radius 1 is 1.03 bits per heavy atom. The van der Waals surface area contributed by atoms with E-state index >= 15 is 0 Å². The van der Waals surface area contributed by atoms with Gasteiger partial charge in [0.2, 0.25) is 0 Å². The molecule has 0 spiro atoms. The third-order valence-corrected chi connectivity index (χ3v) is 5.30. The highest BCUT2D eigenvalue weighted by Gasteiger charge is 2.16. The Balaban J connectivity index is 1.72. The van der Waals surface area contributed by atoms with E-state index in [0.717, 1.165) is 28.2 Å². The van der Waals surface area contributed by atoms with Crippen LogP contribution in [0.25, 0.3) is 5.69 Å². The summed E-state index contributed by atoms with van der Waals surface area (Å²) in [5.41, 5.74) is 8.81. The van der Waals surface area contributed by atoms with E-state index in [1.54, 1.807) is 12.1 Å². The fourth-order valence-corrected chi connectivity index (χ4v) is 3.59. The molecular formula is C24H25ClN4O3. The molecule has 0 unspecified atom stereocenters. The van der Waals surface area contributed by atoms with Crippen LogP contribution in [0, 0.1) is 27.7 Å². The first-order valence-corrected chi connectivity index (χ1v) is 10.3. The summed E-state index contributed by atoms with van der Waals surface area (Å²) in [4.78, 5) is 24.4. The molecule has 3 aromatic rings. The number of halogens is 1. The number of nitrogens with one attached hydrogen (secondary N) is 2. The van der Waals surface area contributed by atoms with Crippen molar-refractivity contribution in [2.45, 2.75) is 27.7 Å². The zero-order valence-electron chi connectivity index (χ0n) is 18.6. The van der Waals surface area contributed by atoms with Gasteiger partial charge in [0, 0.05) is 27.7 Å². The molecule has 0 radical (unpaired) electrons. The topological polar surface area (TPSA) is 84.7 Å². The minimum Gasteiger partial charge on any atom is -0.495 e. The molecule has 0 fully saturated rings. The lowest BCUT2D eigenvalue weighted by Gasteiger charge is -2.13. The van der Waals surface area contributed by atoms with Crippen LogP contribution in [0.3, 0.4) is 0 Å². The molecule has 2 N–H and O–H groups in total. The number of methoxy groups -OCH3 is 1. The predicted molar refractivity (Wildman–Crippen MR) is 127 cm³/mol. The van der Waals surface area contributed by atoms with Crippen LogP contribution in [0.5, 0.6) is 5.75 Å². The number of benzene rings is 2. The lowest BCUT2D eigenvalue weighted by atomic mass is 10.1. The standard InChI is InChI=1S/C24H25ClN4O3/c1-14-6-7-15(2)21(10-14)29-16(3)11-18(17(29)4)13-26-28-24(31)23(30)27-20-12-19(25)8-9-22(20)32-5/h6-13H,1-5H3,(H,27,30)(H,28,31)/b26-13-. The average Bonchev–Trinajstić information content (AvgIpc) is 3.03. The van der Waals surface area contributed by atoms with E-state index in [1.165, 1.54) is 25.0 Å². The van der Waals surface area contributed by atoms with Crippen LogP contribution in [0.4, 0.5) is 5.69 Å². The molecule has 8 heteroatoms. The number of hydrogen-bond donors (Lipinski definition) is 2. The SMILES string of the molecule is COc1ccc(Cl)cc1NC(=O)C(=O)N/N=C\c1cc(C)n(-c2cc(C)ccc2C)c1C. The van der Waals surface area contributed by atoms with Crippen molar-refractivity contribution in [3.8, 4) is 11.4 Å². The van der Waals surface area contributed by atoms with Gasteiger partial charge in [0.15, 0.2) is 0 Å². The molecular weight excluding hydrogens is 428 g/mol. The predicted octanol–water partition coefficient (Wildman–Crippen LogP) is 4.46. The Morgan fingerprint density at radius 3 is 2.50 bits per heavy atom. The molecule has 2 amide bonds. The number of carbonyl (C=O) groups is 2. The Bertz CT molecular complexity index is 1210. The number of aromatic nitrogens is 1. The van der Waals surface area contributed by atoms with Crippen molar-refractivity contribution in [3.63, 3.8) is 0 Å². The summed E-state index contributed by atoms with van der Waals surface area (Å²) in [5, 5.41) is 6.83. The van der Waals surface area contributed by atoms with E-state index in [9.17, 15) is 9.59 Å². The lowest BCUT2D eigenvalue weighted by Crippen LogP contribution is -2.32. The van der Waals surface area contributed by atoms with Gasteiger partial charge in [-0.25, -0.2) is 5.43 Å². The van der Waals surface area contributed by atoms with Gasteiger partial charge in [-0.1, -0.05) is 23.7 Å². The van der Waals surface area contributed by atoms with Gasteiger partial charge >= 0.3 is 11.8 Å². The van der Waals surface area contributed by atoms with Gasteiger partial charge < -0.3 is 14.6 Å². The van der Waals surface area contributed by atoms with Gasteiger partial charge in [-0.15, -0.1) is 0 Å². The molecule has 1 aromatic heterocycles. The molecule has 1 heterocycles. The number of nitrogens with zero attached hydrogens (tertiary/aromatic N) is 2. The van der Waals surface area contributed by atoms with Crippen LogP contribution in [-0.4, -0.2) is 29.7 Å². The molecule has 0 atom stereocenters. The number of hydrogen-bond acceptors (Lipinski definition) is 4. The van der Waals surface area contributed by atoms with Crippen molar-refractivity contribution in [2.75, 3.05) is 12.4 Å². The minimum atomic E-state index is -0.911. The summed E-state index contributed by atoms with van der Waals surface area (Å²) in [6.45, 7) is 8.11. The van der Waals surface area contributed by atoms with E-state index in [2.05, 4.69) is 52.5 Å². The van der Waals surface area contributed by atoms with Crippen LogP contribution >= 0.6 is 11.6 Å². The quantitative estimate of drug-likeness (QED) is 0.340. The normalized spacial score (nSPS) is 10.9. The monoisotopic (exact) mass is 452 g/mol. The maximum atomic E-state index is 12.2. The second-order valence-electron chi connectivity index (χ2n) is 7.45. The molecule has 0 aliphatic heterocycles. The number of hydrazone groups is 1. The number of aryl methyl sites for hydroxylation is 3. The van der Waals surface area contributed by atoms with Gasteiger partial charge in [0.1, 0.15) is 5.75 Å². The van der Waals surface area contributed by atoms with E-state index in [4.69, 9.17) is 16.3 Å². The molecule has 32 heavy (non-hydrogen) atoms. The third kappa shape index (κ3) is 5.00. The third-order valence-electron chi connectivity index (χ3n) is 5.06. The number of carbonyl (C=O) groups excluding carboxylic acids is 2. The molecule has 166 valence electrons. The molecule has 3 rings (SSSR count). The maximum absolute atomic E-state index is 12.2. The van der Waals surface area contributed by atoms with Crippen molar-refractivity contribution in [1.29, 1.82) is 0 Å². The highest BCUT2D eigenvalue weighted by atomic mass is 35.5. The Morgan fingerprint density at radius 2 is 1.78 bits per heavy atom. The highest BCUT2D eigenvalue weighted by Crippen LogP contribution is 2.27. The zero-order valence-corrected chi connectivity index (χ0v) is 19.4. The number of ether oxygens (including phenoxy) is 1. The van der Waals surface area contributed by atoms with Crippen LogP contribution < -0.4 is 15.5 Å². The van der Waals surface area contributed by atoms with Crippen molar-refractivity contribution in [2.24, 2.45) is 5.10 Å². The first kappa shape index (κ1) is 23.1. The van der Waals surface area contributed by atoms with E-state index in [0.29, 0.717) is 16.5 Å². The van der Waals surface area contributed by atoms with Crippen molar-refractivity contribution >= 4 is 35.3 Å². The van der Waals surface area contributed by atoms with Crippen LogP contribution in [0.2, 0.25) is 5.02 Å². The molecule has 0 bridgehead atoms. The Labute approximate surface area is 192 Å². The van der Waals surface area contributed by atoms with Crippen molar-refractivity contribution in [1.82, 2.24) is 9.99 Å². The Kier molecular flexibility index (Phi) is 7.00. The smallest absolute Gasteiger partial charge is 0.329 e. The van der Waals surface area contributed by atoms with Crippen LogP contribution in [-0.2, 0) is 9.59 Å². The highest BCUT2D eigenvalue weighted by molar-refractivity contribution is 6.40. The fourth-order valence-electron chi connectivity index (χ4n) is 3.42. The lowest BCUT2D eigenvalue weighted by molar-refractivity contribution is -0.136. The van der Waals surface area contributed by atoms with Crippen molar-refractivity contribution in [3.05, 3.63) is 75.6 Å². The Hall–Kier alpha value is -3.58. The van der Waals surface area contributed by atoms with E-state index < -0.39 is 11.8 Å². The van der Waals surface area contributed by atoms with Gasteiger partial charge in [0.25, 0.3) is 0 Å². The molecule has 2 aromatic carbocycles. The summed E-state index contributed by atoms with van der Waals surface area (Å²) < 4.78 is 7.30. The largest absolute Gasteiger partial charge is 0.495 e. The second kappa shape index (κ2) is 9.70. The number of rotatable bonds is 5. The minimum absolute atomic E-state index is 0.293. The fraction of sp³-hybridized carbons (Fsp3) is 0.208.